The number of carbonyl (C=O) groups is 1. The molecule has 0 heterocycles. The maximum atomic E-state index is 11.8. The van der Waals surface area contributed by atoms with E-state index in [1.165, 1.54) is 70.6 Å². The summed E-state index contributed by atoms with van der Waals surface area (Å²) in [5, 5.41) is 3.13. The SMILES string of the molecule is CCCCCCCCCCCC(=O)N[C@H](C)CCCCC. The average molecular weight is 298 g/mol. The molecule has 0 saturated carbocycles. The third-order valence-corrected chi connectivity index (χ3v) is 4.16. The van der Waals surface area contributed by atoms with Gasteiger partial charge in [-0.1, -0.05) is 84.5 Å². The minimum atomic E-state index is 0.252. The first kappa shape index (κ1) is 20.5. The predicted molar refractivity (Wildman–Crippen MR) is 93.6 cm³/mol. The van der Waals surface area contributed by atoms with Gasteiger partial charge in [-0.25, -0.2) is 0 Å². The third-order valence-electron chi connectivity index (χ3n) is 4.16. The van der Waals surface area contributed by atoms with E-state index in [-0.39, 0.29) is 5.91 Å². The van der Waals surface area contributed by atoms with E-state index < -0.39 is 0 Å². The molecule has 0 aromatic carbocycles. The highest BCUT2D eigenvalue weighted by molar-refractivity contribution is 5.76. The number of amides is 1. The molecule has 2 heteroatoms. The molecule has 1 amide bonds. The van der Waals surface area contributed by atoms with Gasteiger partial charge < -0.3 is 5.32 Å². The van der Waals surface area contributed by atoms with Crippen molar-refractivity contribution in [3.8, 4) is 0 Å². The normalized spacial score (nSPS) is 12.3. The van der Waals surface area contributed by atoms with Crippen molar-refractivity contribution in [1.82, 2.24) is 5.32 Å². The van der Waals surface area contributed by atoms with E-state index in [4.69, 9.17) is 0 Å². The van der Waals surface area contributed by atoms with Crippen LogP contribution in [-0.2, 0) is 4.79 Å². The highest BCUT2D eigenvalue weighted by Crippen LogP contribution is 2.10. The molecule has 2 nitrogen and oxygen atoms in total. The van der Waals surface area contributed by atoms with Crippen LogP contribution in [0.25, 0.3) is 0 Å². The minimum absolute atomic E-state index is 0.252. The van der Waals surface area contributed by atoms with Crippen LogP contribution in [0.15, 0.2) is 0 Å². The zero-order chi connectivity index (χ0) is 15.8. The van der Waals surface area contributed by atoms with Crippen LogP contribution in [0.2, 0.25) is 0 Å². The van der Waals surface area contributed by atoms with Crippen molar-refractivity contribution in [2.24, 2.45) is 0 Å². The quantitative estimate of drug-likeness (QED) is 0.369. The summed E-state index contributed by atoms with van der Waals surface area (Å²) in [4.78, 5) is 11.8. The highest BCUT2D eigenvalue weighted by Gasteiger charge is 2.06. The van der Waals surface area contributed by atoms with Crippen LogP contribution in [0.3, 0.4) is 0 Å². The molecule has 1 N–H and O–H groups in total. The predicted octanol–water partition coefficient (Wildman–Crippen LogP) is 5.99. The Bertz CT molecular complexity index is 228. The average Bonchev–Trinajstić information content (AvgIpc) is 2.45. The largest absolute Gasteiger partial charge is 0.354 e. The Morgan fingerprint density at radius 3 is 1.81 bits per heavy atom. The van der Waals surface area contributed by atoms with Gasteiger partial charge in [0.2, 0.25) is 5.91 Å². The fraction of sp³-hybridized carbons (Fsp3) is 0.947. The van der Waals surface area contributed by atoms with E-state index in [2.05, 4.69) is 26.1 Å². The van der Waals surface area contributed by atoms with E-state index in [0.29, 0.717) is 12.5 Å². The summed E-state index contributed by atoms with van der Waals surface area (Å²) in [6.07, 6.45) is 17.4. The molecule has 126 valence electrons. The van der Waals surface area contributed by atoms with Gasteiger partial charge in [-0.3, -0.25) is 4.79 Å². The molecule has 0 saturated heterocycles. The molecule has 0 radical (unpaired) electrons. The lowest BCUT2D eigenvalue weighted by Crippen LogP contribution is -2.32. The second kappa shape index (κ2) is 15.9. The van der Waals surface area contributed by atoms with Crippen LogP contribution in [0.1, 0.15) is 111 Å². The molecule has 0 aliphatic carbocycles. The second-order valence-electron chi connectivity index (χ2n) is 6.54. The molecule has 0 unspecified atom stereocenters. The Labute approximate surface area is 133 Å². The summed E-state index contributed by atoms with van der Waals surface area (Å²) >= 11 is 0. The van der Waals surface area contributed by atoms with Gasteiger partial charge in [0, 0.05) is 12.5 Å². The standard InChI is InChI=1S/C19H39NO/c1-4-6-8-9-10-11-12-13-15-17-19(21)20-18(3)16-14-7-5-2/h18H,4-17H2,1-3H3,(H,20,21)/t18-/m1/s1. The summed E-state index contributed by atoms with van der Waals surface area (Å²) in [6, 6.07) is 0.350. The monoisotopic (exact) mass is 297 g/mol. The van der Waals surface area contributed by atoms with Gasteiger partial charge in [-0.2, -0.15) is 0 Å². The zero-order valence-electron chi connectivity index (χ0n) is 14.9. The molecule has 0 bridgehead atoms. The highest BCUT2D eigenvalue weighted by atomic mass is 16.1. The zero-order valence-corrected chi connectivity index (χ0v) is 14.9. The molecule has 0 spiro atoms. The molecular weight excluding hydrogens is 258 g/mol. The first-order valence-corrected chi connectivity index (χ1v) is 9.50. The van der Waals surface area contributed by atoms with Crippen LogP contribution in [0.4, 0.5) is 0 Å². The first-order chi connectivity index (χ1) is 10.2. The van der Waals surface area contributed by atoms with Gasteiger partial charge in [0.25, 0.3) is 0 Å². The fourth-order valence-corrected chi connectivity index (χ4v) is 2.72. The van der Waals surface area contributed by atoms with Crippen LogP contribution in [-0.4, -0.2) is 11.9 Å². The second-order valence-corrected chi connectivity index (χ2v) is 6.54. The summed E-state index contributed by atoms with van der Waals surface area (Å²) in [6.45, 7) is 6.60. The smallest absolute Gasteiger partial charge is 0.220 e. The number of nitrogens with one attached hydrogen (secondary N) is 1. The van der Waals surface area contributed by atoms with Crippen molar-refractivity contribution in [2.45, 2.75) is 117 Å². The summed E-state index contributed by atoms with van der Waals surface area (Å²) < 4.78 is 0. The lowest BCUT2D eigenvalue weighted by Gasteiger charge is -2.13. The van der Waals surface area contributed by atoms with E-state index in [1.807, 2.05) is 0 Å². The Hall–Kier alpha value is -0.530. The van der Waals surface area contributed by atoms with E-state index in [0.717, 1.165) is 12.8 Å². The summed E-state index contributed by atoms with van der Waals surface area (Å²) in [5.74, 6) is 0.252. The summed E-state index contributed by atoms with van der Waals surface area (Å²) in [7, 11) is 0. The van der Waals surface area contributed by atoms with Crippen LogP contribution in [0.5, 0.6) is 0 Å². The maximum absolute atomic E-state index is 11.8. The van der Waals surface area contributed by atoms with Crippen molar-refractivity contribution in [1.29, 1.82) is 0 Å². The number of unbranched alkanes of at least 4 members (excludes halogenated alkanes) is 10. The Morgan fingerprint density at radius 2 is 1.24 bits per heavy atom. The molecule has 0 aromatic rings. The molecule has 1 atom stereocenters. The van der Waals surface area contributed by atoms with Gasteiger partial charge in [0.1, 0.15) is 0 Å². The molecule has 0 fully saturated rings. The fourth-order valence-electron chi connectivity index (χ4n) is 2.72. The van der Waals surface area contributed by atoms with Crippen molar-refractivity contribution < 1.29 is 4.79 Å². The van der Waals surface area contributed by atoms with Crippen LogP contribution >= 0.6 is 0 Å². The van der Waals surface area contributed by atoms with Crippen molar-refractivity contribution in [3.05, 3.63) is 0 Å². The van der Waals surface area contributed by atoms with Gasteiger partial charge in [0.05, 0.1) is 0 Å². The van der Waals surface area contributed by atoms with E-state index in [1.54, 1.807) is 0 Å². The molecular formula is C19H39NO. The molecule has 0 aliphatic heterocycles. The van der Waals surface area contributed by atoms with Gasteiger partial charge in [-0.15, -0.1) is 0 Å². The van der Waals surface area contributed by atoms with E-state index in [9.17, 15) is 4.79 Å². The van der Waals surface area contributed by atoms with Crippen LogP contribution < -0.4 is 5.32 Å². The first-order valence-electron chi connectivity index (χ1n) is 9.50. The molecule has 0 aliphatic rings. The number of rotatable bonds is 15. The number of hydrogen-bond acceptors (Lipinski definition) is 1. The Kier molecular flexibility index (Phi) is 15.5. The lowest BCUT2D eigenvalue weighted by molar-refractivity contribution is -0.121. The Morgan fingerprint density at radius 1 is 0.762 bits per heavy atom. The summed E-state index contributed by atoms with van der Waals surface area (Å²) in [5.41, 5.74) is 0. The van der Waals surface area contributed by atoms with Crippen LogP contribution in [0, 0.1) is 0 Å². The van der Waals surface area contributed by atoms with Crippen molar-refractivity contribution in [3.63, 3.8) is 0 Å². The van der Waals surface area contributed by atoms with Gasteiger partial charge in [0.15, 0.2) is 0 Å². The third kappa shape index (κ3) is 15.7. The topological polar surface area (TPSA) is 29.1 Å². The molecule has 21 heavy (non-hydrogen) atoms. The van der Waals surface area contributed by atoms with E-state index >= 15 is 0 Å². The minimum Gasteiger partial charge on any atom is -0.354 e. The Balaban J connectivity index is 3.29. The maximum Gasteiger partial charge on any atom is 0.220 e. The number of hydrogen-bond donors (Lipinski definition) is 1. The van der Waals surface area contributed by atoms with Crippen molar-refractivity contribution in [2.75, 3.05) is 0 Å². The number of carbonyl (C=O) groups excluding carboxylic acids is 1. The lowest BCUT2D eigenvalue weighted by atomic mass is 10.1. The molecule has 0 aromatic heterocycles. The van der Waals surface area contributed by atoms with Gasteiger partial charge >= 0.3 is 0 Å². The molecule has 0 rings (SSSR count). The van der Waals surface area contributed by atoms with Crippen molar-refractivity contribution >= 4 is 5.91 Å². The van der Waals surface area contributed by atoms with Gasteiger partial charge in [-0.05, 0) is 19.8 Å².